The van der Waals surface area contributed by atoms with Crippen LogP contribution in [0, 0.1) is 10.1 Å². The Bertz CT molecular complexity index is 646. The standard InChI is InChI=1S/C13H14BrN5O2/c1-8(2)17-12-11(19(20)21)13(16-7-15-12)18-10-5-3-9(14)4-6-10/h3-8H,1-2H3,(H2,15,16,17,18). The van der Waals surface area contributed by atoms with Gasteiger partial charge < -0.3 is 10.6 Å². The van der Waals surface area contributed by atoms with Crippen molar-refractivity contribution in [2.75, 3.05) is 10.6 Å². The monoisotopic (exact) mass is 351 g/mol. The minimum atomic E-state index is -0.494. The molecule has 0 aliphatic carbocycles. The Morgan fingerprint density at radius 2 is 1.81 bits per heavy atom. The first-order chi connectivity index (χ1) is 9.97. The van der Waals surface area contributed by atoms with Crippen LogP contribution in [0.15, 0.2) is 35.1 Å². The topological polar surface area (TPSA) is 93.0 Å². The van der Waals surface area contributed by atoms with Gasteiger partial charge in [-0.15, -0.1) is 0 Å². The van der Waals surface area contributed by atoms with E-state index in [1.165, 1.54) is 6.33 Å². The summed E-state index contributed by atoms with van der Waals surface area (Å²) < 4.78 is 0.924. The molecule has 1 heterocycles. The molecule has 110 valence electrons. The van der Waals surface area contributed by atoms with Crippen LogP contribution in [0.1, 0.15) is 13.8 Å². The Balaban J connectivity index is 2.38. The van der Waals surface area contributed by atoms with E-state index in [1.54, 1.807) is 12.1 Å². The van der Waals surface area contributed by atoms with Gasteiger partial charge in [0.1, 0.15) is 6.33 Å². The quantitative estimate of drug-likeness (QED) is 0.629. The molecule has 2 aromatic rings. The van der Waals surface area contributed by atoms with Crippen molar-refractivity contribution in [2.24, 2.45) is 0 Å². The number of hydrogen-bond donors (Lipinski definition) is 2. The van der Waals surface area contributed by atoms with Crippen LogP contribution in [-0.2, 0) is 0 Å². The van der Waals surface area contributed by atoms with Crippen LogP contribution in [0.3, 0.4) is 0 Å². The maximum absolute atomic E-state index is 11.3. The van der Waals surface area contributed by atoms with Gasteiger partial charge in [-0.2, -0.15) is 0 Å². The van der Waals surface area contributed by atoms with Gasteiger partial charge in [0.15, 0.2) is 0 Å². The SMILES string of the molecule is CC(C)Nc1ncnc(Nc2ccc(Br)cc2)c1[N+](=O)[O-]. The molecule has 21 heavy (non-hydrogen) atoms. The van der Waals surface area contributed by atoms with Crippen LogP contribution in [0.4, 0.5) is 23.0 Å². The molecule has 1 aromatic carbocycles. The number of nitro groups is 1. The van der Waals surface area contributed by atoms with Crippen molar-refractivity contribution in [3.05, 3.63) is 45.2 Å². The smallest absolute Gasteiger partial charge is 0.353 e. The first-order valence-electron chi connectivity index (χ1n) is 6.26. The van der Waals surface area contributed by atoms with Crippen LogP contribution >= 0.6 is 15.9 Å². The van der Waals surface area contributed by atoms with Crippen molar-refractivity contribution in [1.82, 2.24) is 9.97 Å². The third-order valence-corrected chi connectivity index (χ3v) is 3.07. The van der Waals surface area contributed by atoms with Gasteiger partial charge in [0.05, 0.1) is 4.92 Å². The summed E-state index contributed by atoms with van der Waals surface area (Å²) in [6.45, 7) is 3.77. The zero-order valence-corrected chi connectivity index (χ0v) is 13.1. The van der Waals surface area contributed by atoms with Crippen molar-refractivity contribution in [2.45, 2.75) is 19.9 Å². The van der Waals surface area contributed by atoms with E-state index in [9.17, 15) is 10.1 Å². The molecule has 0 spiro atoms. The van der Waals surface area contributed by atoms with Gasteiger partial charge in [-0.1, -0.05) is 15.9 Å². The number of nitrogens with zero attached hydrogens (tertiary/aromatic N) is 3. The van der Waals surface area contributed by atoms with Gasteiger partial charge >= 0.3 is 5.69 Å². The van der Waals surface area contributed by atoms with Crippen LogP contribution in [-0.4, -0.2) is 20.9 Å². The van der Waals surface area contributed by atoms with E-state index in [0.29, 0.717) is 5.69 Å². The van der Waals surface area contributed by atoms with Gasteiger partial charge in [-0.25, -0.2) is 9.97 Å². The fraction of sp³-hybridized carbons (Fsp3) is 0.231. The second-order valence-electron chi connectivity index (χ2n) is 4.61. The highest BCUT2D eigenvalue weighted by molar-refractivity contribution is 9.10. The number of benzene rings is 1. The summed E-state index contributed by atoms with van der Waals surface area (Å²) in [7, 11) is 0. The largest absolute Gasteiger partial charge is 0.362 e. The van der Waals surface area contributed by atoms with Crippen molar-refractivity contribution in [3.63, 3.8) is 0 Å². The summed E-state index contributed by atoms with van der Waals surface area (Å²) in [6, 6.07) is 7.29. The van der Waals surface area contributed by atoms with E-state index in [-0.39, 0.29) is 23.4 Å². The average molecular weight is 352 g/mol. The van der Waals surface area contributed by atoms with E-state index in [4.69, 9.17) is 0 Å². The number of halogens is 1. The third kappa shape index (κ3) is 3.88. The molecule has 1 aromatic heterocycles. The van der Waals surface area contributed by atoms with E-state index in [2.05, 4.69) is 36.5 Å². The van der Waals surface area contributed by atoms with Gasteiger partial charge in [-0.05, 0) is 38.1 Å². The molecule has 0 saturated heterocycles. The summed E-state index contributed by atoms with van der Waals surface area (Å²) >= 11 is 3.34. The normalized spacial score (nSPS) is 10.5. The Kier molecular flexibility index (Phi) is 4.69. The Morgan fingerprint density at radius 3 is 2.38 bits per heavy atom. The van der Waals surface area contributed by atoms with Crippen LogP contribution < -0.4 is 10.6 Å². The fourth-order valence-corrected chi connectivity index (χ4v) is 1.96. The first kappa shape index (κ1) is 15.2. The van der Waals surface area contributed by atoms with Gasteiger partial charge in [0.25, 0.3) is 0 Å². The Hall–Kier alpha value is -2.22. The molecule has 2 rings (SSSR count). The van der Waals surface area contributed by atoms with Gasteiger partial charge in [0.2, 0.25) is 11.6 Å². The number of anilines is 3. The molecule has 0 saturated carbocycles. The summed E-state index contributed by atoms with van der Waals surface area (Å²) in [5.41, 5.74) is 0.532. The molecule has 2 N–H and O–H groups in total. The molecule has 0 fully saturated rings. The molecular weight excluding hydrogens is 338 g/mol. The zero-order valence-electron chi connectivity index (χ0n) is 11.5. The second kappa shape index (κ2) is 6.49. The predicted octanol–water partition coefficient (Wildman–Crippen LogP) is 3.71. The van der Waals surface area contributed by atoms with Gasteiger partial charge in [0, 0.05) is 16.2 Å². The summed E-state index contributed by atoms with van der Waals surface area (Å²) in [5, 5.41) is 17.2. The minimum absolute atomic E-state index is 0.0270. The highest BCUT2D eigenvalue weighted by Crippen LogP contribution is 2.31. The summed E-state index contributed by atoms with van der Waals surface area (Å²) in [5.74, 6) is 0.352. The Morgan fingerprint density at radius 1 is 1.19 bits per heavy atom. The third-order valence-electron chi connectivity index (χ3n) is 2.54. The number of aromatic nitrogens is 2. The number of rotatable bonds is 5. The predicted molar refractivity (Wildman–Crippen MR) is 84.9 cm³/mol. The summed E-state index contributed by atoms with van der Waals surface area (Å²) in [6.07, 6.45) is 1.29. The molecule has 0 unspecified atom stereocenters. The zero-order chi connectivity index (χ0) is 15.4. The lowest BCUT2D eigenvalue weighted by Crippen LogP contribution is -2.14. The molecule has 0 bridgehead atoms. The van der Waals surface area contributed by atoms with Crippen molar-refractivity contribution in [3.8, 4) is 0 Å². The van der Waals surface area contributed by atoms with Crippen LogP contribution in [0.2, 0.25) is 0 Å². The van der Waals surface area contributed by atoms with E-state index >= 15 is 0 Å². The summed E-state index contributed by atoms with van der Waals surface area (Å²) in [4.78, 5) is 18.7. The molecular formula is C13H14BrN5O2. The maximum atomic E-state index is 11.3. The van der Waals surface area contributed by atoms with Gasteiger partial charge in [-0.3, -0.25) is 10.1 Å². The Labute approximate surface area is 130 Å². The van der Waals surface area contributed by atoms with E-state index in [0.717, 1.165) is 4.47 Å². The molecule has 0 aliphatic rings. The number of nitrogens with one attached hydrogen (secondary N) is 2. The molecule has 0 atom stereocenters. The van der Waals surface area contributed by atoms with Crippen LogP contribution in [0.5, 0.6) is 0 Å². The average Bonchev–Trinajstić information content (AvgIpc) is 2.40. The van der Waals surface area contributed by atoms with Crippen molar-refractivity contribution >= 4 is 38.9 Å². The molecule has 0 radical (unpaired) electrons. The minimum Gasteiger partial charge on any atom is -0.362 e. The van der Waals surface area contributed by atoms with Crippen molar-refractivity contribution < 1.29 is 4.92 Å². The second-order valence-corrected chi connectivity index (χ2v) is 5.52. The van der Waals surface area contributed by atoms with E-state index < -0.39 is 4.92 Å². The lowest BCUT2D eigenvalue weighted by atomic mass is 10.3. The highest BCUT2D eigenvalue weighted by Gasteiger charge is 2.23. The van der Waals surface area contributed by atoms with Crippen LogP contribution in [0.25, 0.3) is 0 Å². The lowest BCUT2D eigenvalue weighted by molar-refractivity contribution is -0.383. The number of hydrogen-bond acceptors (Lipinski definition) is 6. The molecule has 0 amide bonds. The molecule has 0 aliphatic heterocycles. The highest BCUT2D eigenvalue weighted by atomic mass is 79.9. The fourth-order valence-electron chi connectivity index (χ4n) is 1.69. The maximum Gasteiger partial charge on any atom is 0.353 e. The van der Waals surface area contributed by atoms with E-state index in [1.807, 2.05) is 26.0 Å². The first-order valence-corrected chi connectivity index (χ1v) is 7.05. The molecule has 8 heteroatoms. The lowest BCUT2D eigenvalue weighted by Gasteiger charge is -2.11. The molecule has 7 nitrogen and oxygen atoms in total. The van der Waals surface area contributed by atoms with Crippen molar-refractivity contribution in [1.29, 1.82) is 0 Å².